The summed E-state index contributed by atoms with van der Waals surface area (Å²) >= 11 is 0. The van der Waals surface area contributed by atoms with Crippen LogP contribution in [0.3, 0.4) is 0 Å². The van der Waals surface area contributed by atoms with Gasteiger partial charge in [0.15, 0.2) is 0 Å². The Morgan fingerprint density at radius 1 is 1.24 bits per heavy atom. The summed E-state index contributed by atoms with van der Waals surface area (Å²) < 4.78 is 26.5. The second-order valence-corrected chi connectivity index (χ2v) is 7.60. The third-order valence-electron chi connectivity index (χ3n) is 3.97. The van der Waals surface area contributed by atoms with Crippen LogP contribution in [0.2, 0.25) is 0 Å². The van der Waals surface area contributed by atoms with Gasteiger partial charge < -0.3 is 11.1 Å². The molecule has 0 radical (unpaired) electrons. The van der Waals surface area contributed by atoms with Crippen LogP contribution in [0.25, 0.3) is 0 Å². The number of benzene rings is 1. The van der Waals surface area contributed by atoms with Crippen molar-refractivity contribution in [2.45, 2.75) is 51.0 Å². The lowest BCUT2D eigenvalue weighted by atomic mass is 10.1. The second kappa shape index (κ2) is 11.5. The van der Waals surface area contributed by atoms with Gasteiger partial charge in [-0.3, -0.25) is 4.79 Å². The van der Waals surface area contributed by atoms with Gasteiger partial charge in [-0.15, -0.1) is 12.4 Å². The van der Waals surface area contributed by atoms with Crippen LogP contribution in [0.15, 0.2) is 29.2 Å². The molecule has 0 saturated heterocycles. The van der Waals surface area contributed by atoms with Crippen molar-refractivity contribution in [2.24, 2.45) is 5.73 Å². The molecule has 0 aromatic heterocycles. The molecule has 8 heteroatoms. The normalized spacial score (nSPS) is 12.5. The fourth-order valence-corrected chi connectivity index (χ4v) is 3.98. The number of hydrogen-bond donors (Lipinski definition) is 2. The molecule has 0 aliphatic rings. The minimum Gasteiger partial charge on any atom is -0.348 e. The number of hydrogen-bond acceptors (Lipinski definition) is 4. The smallest absolute Gasteiger partial charge is 0.251 e. The second-order valence-electron chi connectivity index (χ2n) is 5.67. The number of rotatable bonds is 10. The number of nitrogens with two attached hydrogens (primary N) is 1. The summed E-state index contributed by atoms with van der Waals surface area (Å²) in [6.07, 6.45) is 2.83. The van der Waals surface area contributed by atoms with E-state index in [1.54, 1.807) is 26.0 Å². The summed E-state index contributed by atoms with van der Waals surface area (Å²) in [5, 5.41) is 2.88. The molecular formula is C17H30ClN3O3S. The molecule has 0 fully saturated rings. The van der Waals surface area contributed by atoms with Crippen molar-refractivity contribution in [3.63, 3.8) is 0 Å². The zero-order valence-corrected chi connectivity index (χ0v) is 16.8. The first-order valence-corrected chi connectivity index (χ1v) is 9.95. The minimum absolute atomic E-state index is 0. The van der Waals surface area contributed by atoms with Crippen LogP contribution >= 0.6 is 12.4 Å². The van der Waals surface area contributed by atoms with Gasteiger partial charge in [0.25, 0.3) is 5.91 Å². The largest absolute Gasteiger partial charge is 0.348 e. The van der Waals surface area contributed by atoms with E-state index < -0.39 is 10.0 Å². The summed E-state index contributed by atoms with van der Waals surface area (Å²) in [7, 11) is -3.58. The van der Waals surface area contributed by atoms with E-state index in [0.717, 1.165) is 19.3 Å². The molecule has 0 spiro atoms. The molecule has 1 aromatic carbocycles. The molecule has 0 aliphatic heterocycles. The van der Waals surface area contributed by atoms with Gasteiger partial charge in [0.1, 0.15) is 0 Å². The van der Waals surface area contributed by atoms with E-state index >= 15 is 0 Å². The Morgan fingerprint density at radius 3 is 2.40 bits per heavy atom. The maximum absolute atomic E-state index is 12.6. The standard InChI is InChI=1S/C17H29N3O3S.ClH/c1-4-7-10-15(13-18)19-17(21)14-9-8-11-16(12-14)24(22,23)20(5-2)6-3;/h8-9,11-12,15H,4-7,10,13,18H2,1-3H3,(H,19,21);1H. The molecule has 25 heavy (non-hydrogen) atoms. The number of nitrogens with one attached hydrogen (secondary N) is 1. The average Bonchev–Trinajstić information content (AvgIpc) is 2.59. The molecule has 0 bridgehead atoms. The van der Waals surface area contributed by atoms with Gasteiger partial charge in [0, 0.05) is 31.2 Å². The van der Waals surface area contributed by atoms with Gasteiger partial charge in [0.2, 0.25) is 10.0 Å². The van der Waals surface area contributed by atoms with Crippen LogP contribution in [0.1, 0.15) is 50.4 Å². The molecule has 3 N–H and O–H groups in total. The highest BCUT2D eigenvalue weighted by atomic mass is 35.5. The number of carbonyl (C=O) groups is 1. The van der Waals surface area contributed by atoms with Gasteiger partial charge in [-0.05, 0) is 24.6 Å². The molecule has 0 heterocycles. The van der Waals surface area contributed by atoms with Gasteiger partial charge in [-0.1, -0.05) is 39.7 Å². The fourth-order valence-electron chi connectivity index (χ4n) is 2.48. The van der Waals surface area contributed by atoms with Crippen molar-refractivity contribution in [3.8, 4) is 0 Å². The third kappa shape index (κ3) is 6.58. The molecule has 1 unspecified atom stereocenters. The third-order valence-corrected chi connectivity index (χ3v) is 6.01. The van der Waals surface area contributed by atoms with E-state index in [1.165, 1.54) is 16.4 Å². The first-order chi connectivity index (χ1) is 11.4. The van der Waals surface area contributed by atoms with Crippen molar-refractivity contribution in [1.29, 1.82) is 0 Å². The molecule has 1 amide bonds. The van der Waals surface area contributed by atoms with E-state index in [9.17, 15) is 13.2 Å². The maximum atomic E-state index is 12.6. The summed E-state index contributed by atoms with van der Waals surface area (Å²) in [6, 6.07) is 6.05. The fraction of sp³-hybridized carbons (Fsp3) is 0.588. The number of nitrogens with zero attached hydrogens (tertiary/aromatic N) is 1. The predicted molar refractivity (Wildman–Crippen MR) is 104 cm³/mol. The van der Waals surface area contributed by atoms with E-state index in [4.69, 9.17) is 5.73 Å². The Balaban J connectivity index is 0.00000576. The van der Waals surface area contributed by atoms with E-state index in [0.29, 0.717) is 25.2 Å². The van der Waals surface area contributed by atoms with Crippen LogP contribution in [0.4, 0.5) is 0 Å². The molecule has 0 aliphatic carbocycles. The molecule has 6 nitrogen and oxygen atoms in total. The Hall–Kier alpha value is -1.15. The first-order valence-electron chi connectivity index (χ1n) is 8.51. The lowest BCUT2D eigenvalue weighted by Gasteiger charge is -2.19. The highest BCUT2D eigenvalue weighted by Crippen LogP contribution is 2.17. The molecule has 1 aromatic rings. The summed E-state index contributed by atoms with van der Waals surface area (Å²) in [5.74, 6) is -0.293. The van der Waals surface area contributed by atoms with Crippen molar-refractivity contribution < 1.29 is 13.2 Å². The minimum atomic E-state index is -3.58. The molecule has 1 rings (SSSR count). The average molecular weight is 392 g/mol. The molecule has 1 atom stereocenters. The Bertz CT molecular complexity index is 634. The van der Waals surface area contributed by atoms with E-state index in [2.05, 4.69) is 12.2 Å². The Labute approximate surface area is 157 Å². The Kier molecular flexibility index (Phi) is 10.9. The Morgan fingerprint density at radius 2 is 1.88 bits per heavy atom. The van der Waals surface area contributed by atoms with E-state index in [-0.39, 0.29) is 29.3 Å². The number of sulfonamides is 1. The SMILES string of the molecule is CCCCC(CN)NC(=O)c1cccc(S(=O)(=O)N(CC)CC)c1.Cl. The van der Waals surface area contributed by atoms with Crippen molar-refractivity contribution in [1.82, 2.24) is 9.62 Å². The van der Waals surface area contributed by atoms with Crippen LogP contribution in [-0.4, -0.2) is 44.3 Å². The van der Waals surface area contributed by atoms with Gasteiger partial charge >= 0.3 is 0 Å². The predicted octanol–water partition coefficient (Wildman–Crippen LogP) is 2.39. The number of halogens is 1. The van der Waals surface area contributed by atoms with Crippen molar-refractivity contribution in [3.05, 3.63) is 29.8 Å². The molecule has 0 saturated carbocycles. The van der Waals surface area contributed by atoms with Crippen LogP contribution in [0, 0.1) is 0 Å². The zero-order valence-electron chi connectivity index (χ0n) is 15.2. The van der Waals surface area contributed by atoms with Gasteiger partial charge in [0.05, 0.1) is 4.90 Å². The topological polar surface area (TPSA) is 92.5 Å². The highest BCUT2D eigenvalue weighted by Gasteiger charge is 2.22. The van der Waals surface area contributed by atoms with Crippen molar-refractivity contribution in [2.75, 3.05) is 19.6 Å². The molecular weight excluding hydrogens is 362 g/mol. The van der Waals surface area contributed by atoms with Crippen LogP contribution < -0.4 is 11.1 Å². The molecule has 144 valence electrons. The number of carbonyl (C=O) groups excluding carboxylic acids is 1. The van der Waals surface area contributed by atoms with Crippen LogP contribution in [-0.2, 0) is 10.0 Å². The van der Waals surface area contributed by atoms with Gasteiger partial charge in [-0.2, -0.15) is 4.31 Å². The summed E-state index contributed by atoms with van der Waals surface area (Å²) in [6.45, 7) is 6.80. The lowest BCUT2D eigenvalue weighted by molar-refractivity contribution is 0.0935. The first kappa shape index (κ1) is 23.9. The quantitative estimate of drug-likeness (QED) is 0.640. The zero-order chi connectivity index (χ0) is 18.2. The maximum Gasteiger partial charge on any atom is 0.251 e. The summed E-state index contributed by atoms with van der Waals surface area (Å²) in [5.41, 5.74) is 6.03. The number of amides is 1. The van der Waals surface area contributed by atoms with Crippen LogP contribution in [0.5, 0.6) is 0 Å². The van der Waals surface area contributed by atoms with Gasteiger partial charge in [-0.25, -0.2) is 8.42 Å². The lowest BCUT2D eigenvalue weighted by Crippen LogP contribution is -2.40. The van der Waals surface area contributed by atoms with Crippen molar-refractivity contribution >= 4 is 28.3 Å². The highest BCUT2D eigenvalue weighted by molar-refractivity contribution is 7.89. The number of unbranched alkanes of at least 4 members (excludes halogenated alkanes) is 1. The van der Waals surface area contributed by atoms with E-state index in [1.807, 2.05) is 0 Å². The summed E-state index contributed by atoms with van der Waals surface area (Å²) in [4.78, 5) is 12.5. The monoisotopic (exact) mass is 391 g/mol.